The molecule has 1 saturated heterocycles. The molecule has 3 N–H and O–H groups in total. The van der Waals surface area contributed by atoms with Crippen molar-refractivity contribution in [3.8, 4) is 0 Å². The van der Waals surface area contributed by atoms with Crippen LogP contribution < -0.4 is 4.72 Å². The largest absolute Gasteiger partial charge is 0.480 e. The number of aliphatic hydroxyl groups is 1. The Morgan fingerprint density at radius 1 is 1.53 bits per heavy atom. The van der Waals surface area contributed by atoms with E-state index in [0.717, 1.165) is 19.3 Å². The number of aliphatic carboxylic acids is 1. The fourth-order valence-electron chi connectivity index (χ4n) is 1.84. The summed E-state index contributed by atoms with van der Waals surface area (Å²) >= 11 is 0. The number of piperidine rings is 1. The molecule has 2 atom stereocenters. The summed E-state index contributed by atoms with van der Waals surface area (Å²) in [7, 11) is -3.85. The number of carboxylic acids is 1. The Hall–Kier alpha value is -0.700. The minimum atomic E-state index is -3.85. The summed E-state index contributed by atoms with van der Waals surface area (Å²) in [5.41, 5.74) is 0. The lowest BCUT2D eigenvalue weighted by Gasteiger charge is -2.32. The highest BCUT2D eigenvalue weighted by atomic mass is 32.2. The molecule has 0 aromatic heterocycles. The van der Waals surface area contributed by atoms with Crippen molar-refractivity contribution >= 4 is 16.2 Å². The molecule has 0 aromatic carbocycles. The standard InChI is InChI=1S/C9H18N2O5S/c1-7-4-2-3-5-11(7)17(15,16)10-8(6-12)9(13)14/h7-8,10,12H,2-6H2,1H3,(H,13,14). The number of aliphatic hydroxyl groups excluding tert-OH is 1. The van der Waals surface area contributed by atoms with Gasteiger partial charge in [-0.3, -0.25) is 4.79 Å². The van der Waals surface area contributed by atoms with Gasteiger partial charge in [-0.05, 0) is 19.8 Å². The van der Waals surface area contributed by atoms with Gasteiger partial charge in [-0.15, -0.1) is 0 Å². The van der Waals surface area contributed by atoms with Gasteiger partial charge < -0.3 is 10.2 Å². The highest BCUT2D eigenvalue weighted by molar-refractivity contribution is 7.87. The van der Waals surface area contributed by atoms with Crippen molar-refractivity contribution in [2.24, 2.45) is 0 Å². The first kappa shape index (κ1) is 14.4. The van der Waals surface area contributed by atoms with Crippen molar-refractivity contribution in [1.82, 2.24) is 9.03 Å². The van der Waals surface area contributed by atoms with E-state index in [-0.39, 0.29) is 6.04 Å². The number of carboxylic acid groups (broad SMARTS) is 1. The average Bonchev–Trinajstić information content (AvgIpc) is 2.26. The monoisotopic (exact) mass is 266 g/mol. The second-order valence-corrected chi connectivity index (χ2v) is 5.81. The Kier molecular flexibility index (Phi) is 4.87. The number of nitrogens with zero attached hydrogens (tertiary/aromatic N) is 1. The van der Waals surface area contributed by atoms with E-state index in [1.165, 1.54) is 4.31 Å². The maximum Gasteiger partial charge on any atom is 0.324 e. The molecule has 0 saturated carbocycles. The molecule has 1 aliphatic rings. The van der Waals surface area contributed by atoms with Crippen molar-refractivity contribution in [3.05, 3.63) is 0 Å². The third-order valence-corrected chi connectivity index (χ3v) is 4.56. The topological polar surface area (TPSA) is 107 Å². The van der Waals surface area contributed by atoms with Crippen molar-refractivity contribution in [2.45, 2.75) is 38.3 Å². The lowest BCUT2D eigenvalue weighted by atomic mass is 10.1. The third kappa shape index (κ3) is 3.63. The maximum absolute atomic E-state index is 11.9. The molecule has 7 nitrogen and oxygen atoms in total. The summed E-state index contributed by atoms with van der Waals surface area (Å²) in [6.45, 7) is 1.40. The van der Waals surface area contributed by atoms with E-state index in [9.17, 15) is 13.2 Å². The minimum Gasteiger partial charge on any atom is -0.480 e. The quantitative estimate of drug-likeness (QED) is 0.600. The number of hydrogen-bond donors (Lipinski definition) is 3. The van der Waals surface area contributed by atoms with Crippen LogP contribution in [0.5, 0.6) is 0 Å². The first-order chi connectivity index (χ1) is 7.88. The van der Waals surface area contributed by atoms with Gasteiger partial charge in [0.2, 0.25) is 0 Å². The molecule has 2 unspecified atom stereocenters. The number of rotatable bonds is 5. The molecule has 100 valence electrons. The van der Waals surface area contributed by atoms with Crippen molar-refractivity contribution in [3.63, 3.8) is 0 Å². The third-order valence-electron chi connectivity index (χ3n) is 2.82. The predicted octanol–water partition coefficient (Wildman–Crippen LogP) is -0.859. The van der Waals surface area contributed by atoms with Crippen molar-refractivity contribution in [1.29, 1.82) is 0 Å². The molecule has 0 amide bonds. The zero-order valence-electron chi connectivity index (χ0n) is 9.66. The fraction of sp³-hybridized carbons (Fsp3) is 0.889. The summed E-state index contributed by atoms with van der Waals surface area (Å²) in [5.74, 6) is -1.39. The van der Waals surface area contributed by atoms with Crippen molar-refractivity contribution in [2.75, 3.05) is 13.2 Å². The van der Waals surface area contributed by atoms with Crippen LogP contribution in [-0.2, 0) is 15.0 Å². The summed E-state index contributed by atoms with van der Waals surface area (Å²) in [6, 6.07) is -1.64. The van der Waals surface area contributed by atoms with Crippen LogP contribution in [0.1, 0.15) is 26.2 Å². The number of carbonyl (C=O) groups is 1. The Balaban J connectivity index is 2.76. The van der Waals surface area contributed by atoms with Crippen LogP contribution >= 0.6 is 0 Å². The average molecular weight is 266 g/mol. The van der Waals surface area contributed by atoms with E-state index < -0.39 is 28.8 Å². The van der Waals surface area contributed by atoms with Crippen LogP contribution in [0, 0.1) is 0 Å². The summed E-state index contributed by atoms with van der Waals surface area (Å²) < 4.78 is 27.1. The zero-order chi connectivity index (χ0) is 13.1. The number of hydrogen-bond acceptors (Lipinski definition) is 4. The molecule has 0 spiro atoms. The van der Waals surface area contributed by atoms with Crippen LogP contribution in [0.3, 0.4) is 0 Å². The Bertz CT molecular complexity index is 370. The van der Waals surface area contributed by atoms with Crippen LogP contribution in [0.2, 0.25) is 0 Å². The first-order valence-corrected chi connectivity index (χ1v) is 6.95. The van der Waals surface area contributed by atoms with Gasteiger partial charge in [0.25, 0.3) is 10.2 Å². The van der Waals surface area contributed by atoms with Gasteiger partial charge in [0.1, 0.15) is 6.04 Å². The van der Waals surface area contributed by atoms with Gasteiger partial charge in [-0.2, -0.15) is 17.4 Å². The summed E-state index contributed by atoms with van der Waals surface area (Å²) in [4.78, 5) is 10.7. The first-order valence-electron chi connectivity index (χ1n) is 5.51. The van der Waals surface area contributed by atoms with Crippen LogP contribution in [-0.4, -0.2) is 54.1 Å². The normalized spacial score (nSPS) is 24.5. The Morgan fingerprint density at radius 3 is 2.65 bits per heavy atom. The molecule has 0 aromatic rings. The molecule has 0 aliphatic carbocycles. The smallest absolute Gasteiger partial charge is 0.324 e. The van der Waals surface area contributed by atoms with Gasteiger partial charge >= 0.3 is 5.97 Å². The van der Waals surface area contributed by atoms with Crippen LogP contribution in [0.15, 0.2) is 0 Å². The molecule has 8 heteroatoms. The van der Waals surface area contributed by atoms with Gasteiger partial charge in [0.05, 0.1) is 6.61 Å². The van der Waals surface area contributed by atoms with E-state index in [4.69, 9.17) is 10.2 Å². The second-order valence-electron chi connectivity index (χ2n) is 4.15. The molecule has 1 aliphatic heterocycles. The van der Waals surface area contributed by atoms with Crippen LogP contribution in [0.25, 0.3) is 0 Å². The Labute approximate surface area is 101 Å². The zero-order valence-corrected chi connectivity index (χ0v) is 10.5. The van der Waals surface area contributed by atoms with E-state index in [0.29, 0.717) is 6.54 Å². The Morgan fingerprint density at radius 2 is 2.18 bits per heavy atom. The molecular weight excluding hydrogens is 248 g/mol. The molecule has 0 radical (unpaired) electrons. The lowest BCUT2D eigenvalue weighted by Crippen LogP contribution is -2.53. The summed E-state index contributed by atoms with van der Waals surface area (Å²) in [5, 5.41) is 17.5. The van der Waals surface area contributed by atoms with Gasteiger partial charge in [0.15, 0.2) is 0 Å². The molecule has 0 bridgehead atoms. The van der Waals surface area contributed by atoms with Crippen LogP contribution in [0.4, 0.5) is 0 Å². The van der Waals surface area contributed by atoms with E-state index in [1.54, 1.807) is 6.92 Å². The highest BCUT2D eigenvalue weighted by Crippen LogP contribution is 2.19. The second kappa shape index (κ2) is 5.76. The van der Waals surface area contributed by atoms with Gasteiger partial charge in [0, 0.05) is 12.6 Å². The maximum atomic E-state index is 11.9. The van der Waals surface area contributed by atoms with Gasteiger partial charge in [-0.25, -0.2) is 0 Å². The lowest BCUT2D eigenvalue weighted by molar-refractivity contribution is -0.139. The fourth-order valence-corrected chi connectivity index (χ4v) is 3.46. The molecule has 17 heavy (non-hydrogen) atoms. The van der Waals surface area contributed by atoms with Crippen molar-refractivity contribution < 1.29 is 23.4 Å². The van der Waals surface area contributed by atoms with E-state index in [2.05, 4.69) is 0 Å². The minimum absolute atomic E-state index is 0.144. The SMILES string of the molecule is CC1CCCCN1S(=O)(=O)NC(CO)C(=O)O. The summed E-state index contributed by atoms with van der Waals surface area (Å²) in [6.07, 6.45) is 2.50. The predicted molar refractivity (Wildman–Crippen MR) is 60.6 cm³/mol. The molecule has 1 rings (SSSR count). The highest BCUT2D eigenvalue weighted by Gasteiger charge is 2.32. The van der Waals surface area contributed by atoms with Gasteiger partial charge in [-0.1, -0.05) is 6.42 Å². The molecule has 1 fully saturated rings. The molecule has 1 heterocycles. The van der Waals surface area contributed by atoms with E-state index >= 15 is 0 Å². The number of nitrogens with one attached hydrogen (secondary N) is 1. The molecular formula is C9H18N2O5S. The van der Waals surface area contributed by atoms with E-state index in [1.807, 2.05) is 4.72 Å².